The Morgan fingerprint density at radius 2 is 1.91 bits per heavy atom. The number of hydrogen-bond donors (Lipinski definition) is 1. The molecule has 0 fully saturated rings. The average molecular weight is 483 g/mol. The fourth-order valence-electron chi connectivity index (χ4n) is 4.56. The molecular weight excluding hydrogens is 456 g/mol. The van der Waals surface area contributed by atoms with E-state index in [9.17, 15) is 13.2 Å². The summed E-state index contributed by atoms with van der Waals surface area (Å²) in [4.78, 5) is 12.9. The Labute approximate surface area is 198 Å². The van der Waals surface area contributed by atoms with Crippen LogP contribution in [-0.2, 0) is 27.8 Å². The molecular formula is C24H26N4O5S. The van der Waals surface area contributed by atoms with E-state index < -0.39 is 10.0 Å². The predicted octanol–water partition coefficient (Wildman–Crippen LogP) is 2.86. The van der Waals surface area contributed by atoms with Crippen molar-refractivity contribution < 1.29 is 22.7 Å². The summed E-state index contributed by atoms with van der Waals surface area (Å²) in [5, 5.41) is 7.33. The molecule has 34 heavy (non-hydrogen) atoms. The highest BCUT2D eigenvalue weighted by molar-refractivity contribution is 7.93. The van der Waals surface area contributed by atoms with Crippen molar-refractivity contribution in [1.82, 2.24) is 15.1 Å². The highest BCUT2D eigenvalue weighted by Crippen LogP contribution is 2.35. The number of fused-ring (bicyclic) bond motifs is 2. The first-order chi connectivity index (χ1) is 16.3. The number of nitrogens with one attached hydrogen (secondary N) is 1. The third-order valence-corrected chi connectivity index (χ3v) is 8.34. The Bertz CT molecular complexity index is 1380. The van der Waals surface area contributed by atoms with Gasteiger partial charge < -0.3 is 14.8 Å². The number of amides is 1. The van der Waals surface area contributed by atoms with Crippen LogP contribution in [0.4, 0.5) is 5.69 Å². The lowest BCUT2D eigenvalue weighted by molar-refractivity contribution is -0.122. The van der Waals surface area contributed by atoms with Crippen molar-refractivity contribution in [2.45, 2.75) is 44.7 Å². The smallest absolute Gasteiger partial charge is 0.268 e. The van der Waals surface area contributed by atoms with Crippen molar-refractivity contribution in [3.63, 3.8) is 0 Å². The summed E-state index contributed by atoms with van der Waals surface area (Å²) in [6.07, 6.45) is 0.668. The van der Waals surface area contributed by atoms with E-state index in [1.807, 2.05) is 49.4 Å². The lowest BCUT2D eigenvalue weighted by atomic mass is 10.1. The maximum atomic E-state index is 13.5. The number of para-hydroxylation sites is 1. The number of benzene rings is 2. The Kier molecular flexibility index (Phi) is 5.47. The summed E-state index contributed by atoms with van der Waals surface area (Å²) >= 11 is 0. The largest absolute Gasteiger partial charge is 0.454 e. The summed E-state index contributed by atoms with van der Waals surface area (Å²) in [5.74, 6) is 1.06. The van der Waals surface area contributed by atoms with Gasteiger partial charge in [0.25, 0.3) is 10.0 Å². The third-order valence-electron chi connectivity index (χ3n) is 6.28. The normalized spacial score (nSPS) is 15.3. The molecule has 0 saturated heterocycles. The van der Waals surface area contributed by atoms with Crippen molar-refractivity contribution in [3.05, 3.63) is 65.0 Å². The van der Waals surface area contributed by atoms with Crippen molar-refractivity contribution >= 4 is 21.6 Å². The highest BCUT2D eigenvalue weighted by atomic mass is 32.2. The van der Waals surface area contributed by atoms with Crippen LogP contribution in [0.2, 0.25) is 0 Å². The van der Waals surface area contributed by atoms with Crippen molar-refractivity contribution in [1.29, 1.82) is 0 Å². The number of anilines is 1. The van der Waals surface area contributed by atoms with Crippen LogP contribution in [0.3, 0.4) is 0 Å². The molecule has 178 valence electrons. The van der Waals surface area contributed by atoms with Crippen LogP contribution >= 0.6 is 0 Å². The van der Waals surface area contributed by atoms with Crippen LogP contribution in [0.25, 0.3) is 0 Å². The molecule has 2 aliphatic rings. The summed E-state index contributed by atoms with van der Waals surface area (Å²) in [5.41, 5.74) is 3.39. The molecule has 2 aromatic carbocycles. The van der Waals surface area contributed by atoms with Crippen LogP contribution in [0, 0.1) is 13.8 Å². The summed E-state index contributed by atoms with van der Waals surface area (Å²) in [6, 6.07) is 12.8. The predicted molar refractivity (Wildman–Crippen MR) is 126 cm³/mol. The van der Waals surface area contributed by atoms with E-state index in [4.69, 9.17) is 9.47 Å². The van der Waals surface area contributed by atoms with Crippen molar-refractivity contribution in [2.75, 3.05) is 17.6 Å². The first kappa shape index (κ1) is 22.3. The quantitative estimate of drug-likeness (QED) is 0.580. The van der Waals surface area contributed by atoms with Gasteiger partial charge in [-0.15, -0.1) is 0 Å². The second-order valence-corrected chi connectivity index (χ2v) is 10.3. The van der Waals surface area contributed by atoms with Gasteiger partial charge >= 0.3 is 0 Å². The third kappa shape index (κ3) is 3.77. The van der Waals surface area contributed by atoms with Gasteiger partial charge in [0, 0.05) is 6.54 Å². The fourth-order valence-corrected chi connectivity index (χ4v) is 6.45. The molecule has 1 N–H and O–H groups in total. The number of ether oxygens (including phenoxy) is 2. The zero-order valence-electron chi connectivity index (χ0n) is 19.2. The van der Waals surface area contributed by atoms with Gasteiger partial charge in [0.15, 0.2) is 11.5 Å². The van der Waals surface area contributed by atoms with E-state index in [0.29, 0.717) is 41.5 Å². The average Bonchev–Trinajstić information content (AvgIpc) is 3.50. The molecule has 0 spiro atoms. The molecule has 10 heteroatoms. The first-order valence-electron chi connectivity index (χ1n) is 11.1. The molecule has 0 bridgehead atoms. The van der Waals surface area contributed by atoms with Crippen LogP contribution in [0.15, 0.2) is 47.4 Å². The van der Waals surface area contributed by atoms with Gasteiger partial charge in [0.2, 0.25) is 12.7 Å². The molecule has 2 aliphatic heterocycles. The Balaban J connectivity index is 1.34. The number of carbonyl (C=O) groups excluding carboxylic acids is 1. The Morgan fingerprint density at radius 1 is 1.15 bits per heavy atom. The van der Waals surface area contributed by atoms with E-state index in [2.05, 4.69) is 10.4 Å². The Morgan fingerprint density at radius 3 is 2.74 bits per heavy atom. The second-order valence-electron chi connectivity index (χ2n) is 8.52. The summed E-state index contributed by atoms with van der Waals surface area (Å²) in [6.45, 7) is 5.70. The van der Waals surface area contributed by atoms with Crippen LogP contribution in [0.1, 0.15) is 35.5 Å². The minimum Gasteiger partial charge on any atom is -0.454 e. The van der Waals surface area contributed by atoms with Gasteiger partial charge in [-0.2, -0.15) is 5.10 Å². The zero-order valence-corrected chi connectivity index (χ0v) is 20.1. The molecule has 3 aromatic rings. The molecule has 3 heterocycles. The number of aryl methyl sites for hydroxylation is 1. The number of nitrogens with zero attached hydrogens (tertiary/aromatic N) is 3. The molecule has 0 aliphatic carbocycles. The number of aromatic nitrogens is 2. The zero-order chi connectivity index (χ0) is 24.0. The van der Waals surface area contributed by atoms with Gasteiger partial charge in [-0.05, 0) is 56.5 Å². The van der Waals surface area contributed by atoms with E-state index >= 15 is 0 Å². The second kappa shape index (κ2) is 8.35. The number of carbonyl (C=O) groups is 1. The molecule has 1 atom stereocenters. The summed E-state index contributed by atoms with van der Waals surface area (Å²) in [7, 11) is -3.81. The molecule has 1 aromatic heterocycles. The topological polar surface area (TPSA) is 103 Å². The maximum Gasteiger partial charge on any atom is 0.268 e. The number of sulfonamides is 1. The van der Waals surface area contributed by atoms with Gasteiger partial charge in [-0.1, -0.05) is 24.3 Å². The van der Waals surface area contributed by atoms with Crippen molar-refractivity contribution in [3.8, 4) is 11.5 Å². The van der Waals surface area contributed by atoms with Crippen LogP contribution in [-0.4, -0.2) is 37.4 Å². The van der Waals surface area contributed by atoms with Crippen molar-refractivity contribution in [2.24, 2.45) is 0 Å². The molecule has 9 nitrogen and oxygen atoms in total. The van der Waals surface area contributed by atoms with Gasteiger partial charge in [0.05, 0.1) is 23.1 Å². The van der Waals surface area contributed by atoms with Crippen LogP contribution in [0.5, 0.6) is 11.5 Å². The molecule has 5 rings (SSSR count). The SMILES string of the molecule is Cc1nn(CC(=O)NC(C)c2ccc3c(c2)OCO3)c(C)c1S(=O)(=O)N1CCc2ccccc21. The number of rotatable bonds is 6. The molecule has 1 amide bonds. The minimum atomic E-state index is -3.81. The fraction of sp³-hybridized carbons (Fsp3) is 0.333. The van der Waals surface area contributed by atoms with E-state index in [1.54, 1.807) is 13.8 Å². The molecule has 0 radical (unpaired) electrons. The van der Waals surface area contributed by atoms with E-state index in [0.717, 1.165) is 11.1 Å². The lowest BCUT2D eigenvalue weighted by Crippen LogP contribution is -2.31. The van der Waals surface area contributed by atoms with Crippen LogP contribution < -0.4 is 19.1 Å². The maximum absolute atomic E-state index is 13.5. The van der Waals surface area contributed by atoms with E-state index in [-0.39, 0.29) is 30.2 Å². The lowest BCUT2D eigenvalue weighted by Gasteiger charge is -2.20. The van der Waals surface area contributed by atoms with E-state index in [1.165, 1.54) is 8.99 Å². The van der Waals surface area contributed by atoms with Gasteiger partial charge in [-0.3, -0.25) is 13.8 Å². The Hall–Kier alpha value is -3.53. The number of hydrogen-bond acceptors (Lipinski definition) is 6. The first-order valence-corrected chi connectivity index (χ1v) is 12.5. The highest BCUT2D eigenvalue weighted by Gasteiger charge is 2.35. The van der Waals surface area contributed by atoms with Gasteiger partial charge in [-0.25, -0.2) is 8.42 Å². The monoisotopic (exact) mass is 482 g/mol. The van der Waals surface area contributed by atoms with Gasteiger partial charge in [0.1, 0.15) is 11.4 Å². The minimum absolute atomic E-state index is 0.0896. The summed E-state index contributed by atoms with van der Waals surface area (Å²) < 4.78 is 40.7. The molecule has 1 unspecified atom stereocenters. The standard InChI is InChI=1S/C24H26N4O5S/c1-15(19-8-9-21-22(12-19)33-14-32-21)25-23(29)13-27-17(3)24(16(2)26-27)34(30,31)28-11-10-18-6-4-5-7-20(18)28/h4-9,12,15H,10-11,13-14H2,1-3H3,(H,25,29). The molecule has 0 saturated carbocycles.